The van der Waals surface area contributed by atoms with E-state index in [4.69, 9.17) is 0 Å². The molecule has 1 aromatic heterocycles. The van der Waals surface area contributed by atoms with Crippen molar-refractivity contribution in [3.63, 3.8) is 0 Å². The Morgan fingerprint density at radius 1 is 1.43 bits per heavy atom. The van der Waals surface area contributed by atoms with E-state index in [1.165, 1.54) is 18.9 Å². The van der Waals surface area contributed by atoms with Crippen LogP contribution in [0, 0.1) is 16.0 Å². The van der Waals surface area contributed by atoms with Gasteiger partial charge < -0.3 is 10.2 Å². The third-order valence-corrected chi connectivity index (χ3v) is 4.96. The highest BCUT2D eigenvalue weighted by Gasteiger charge is 2.30. The second-order valence-electron chi connectivity index (χ2n) is 5.88. The lowest BCUT2D eigenvalue weighted by atomic mass is 10.2. The highest BCUT2D eigenvalue weighted by molar-refractivity contribution is 7.13. The van der Waals surface area contributed by atoms with E-state index in [1.54, 1.807) is 5.38 Å². The molecule has 1 N–H and O–H groups in total. The number of hydrogen-bond acceptors (Lipinski definition) is 5. The van der Waals surface area contributed by atoms with Gasteiger partial charge in [0.25, 0.3) is 5.91 Å². The number of carbonyl (C=O) groups is 1. The second kappa shape index (κ2) is 6.11. The van der Waals surface area contributed by atoms with Crippen molar-refractivity contribution in [2.24, 2.45) is 5.92 Å². The molecule has 1 aliphatic heterocycles. The fraction of sp³-hybridized carbons (Fsp3) is 0.643. The van der Waals surface area contributed by atoms with E-state index in [-0.39, 0.29) is 10.9 Å². The van der Waals surface area contributed by atoms with Crippen LogP contribution in [0.5, 0.6) is 0 Å². The zero-order chi connectivity index (χ0) is 14.8. The van der Waals surface area contributed by atoms with E-state index in [2.05, 4.69) is 5.32 Å². The highest BCUT2D eigenvalue weighted by Crippen LogP contribution is 2.31. The van der Waals surface area contributed by atoms with Gasteiger partial charge in [0.1, 0.15) is 0 Å². The van der Waals surface area contributed by atoms with Crippen molar-refractivity contribution < 1.29 is 9.72 Å². The smallest absolute Gasteiger partial charge is 0.324 e. The average Bonchev–Trinajstić information content (AvgIpc) is 2.96. The Balaban J connectivity index is 1.70. The number of nitrogens with zero attached hydrogens (tertiary/aromatic N) is 2. The standard InChI is InChI=1S/C14H19N3O3S/c18-14(11-6-13(17(19)20)21-9-11)16(7-10-3-4-10)8-12-2-1-5-15-12/h6,9-10,12,15H,1-5,7-8H2. The predicted molar refractivity (Wildman–Crippen MR) is 80.6 cm³/mol. The molecule has 1 saturated carbocycles. The molecule has 2 heterocycles. The van der Waals surface area contributed by atoms with Gasteiger partial charge in [-0.1, -0.05) is 11.3 Å². The van der Waals surface area contributed by atoms with Gasteiger partial charge in [0.05, 0.1) is 10.5 Å². The number of thiophene rings is 1. The molecule has 7 heteroatoms. The molecule has 0 bridgehead atoms. The molecule has 1 aliphatic carbocycles. The third-order valence-electron chi connectivity index (χ3n) is 4.08. The van der Waals surface area contributed by atoms with Crippen LogP contribution in [-0.2, 0) is 0 Å². The maximum Gasteiger partial charge on any atom is 0.324 e. The molecule has 3 rings (SSSR count). The normalized spacial score (nSPS) is 21.4. The average molecular weight is 309 g/mol. The van der Waals surface area contributed by atoms with E-state index in [0.29, 0.717) is 24.1 Å². The lowest BCUT2D eigenvalue weighted by Crippen LogP contribution is -2.42. The minimum absolute atomic E-state index is 0.0312. The van der Waals surface area contributed by atoms with Crippen molar-refractivity contribution in [2.75, 3.05) is 19.6 Å². The predicted octanol–water partition coefficient (Wildman–Crippen LogP) is 2.26. The Morgan fingerprint density at radius 3 is 2.81 bits per heavy atom. The number of carbonyl (C=O) groups excluding carboxylic acids is 1. The molecular weight excluding hydrogens is 290 g/mol. The number of nitrogens with one attached hydrogen (secondary N) is 1. The molecule has 1 saturated heterocycles. The Hall–Kier alpha value is -1.47. The van der Waals surface area contributed by atoms with Gasteiger partial charge in [0.15, 0.2) is 0 Å². The summed E-state index contributed by atoms with van der Waals surface area (Å²) in [5, 5.41) is 15.8. The fourth-order valence-electron chi connectivity index (χ4n) is 2.75. The van der Waals surface area contributed by atoms with Crippen LogP contribution in [0.15, 0.2) is 11.4 Å². The highest BCUT2D eigenvalue weighted by atomic mass is 32.1. The van der Waals surface area contributed by atoms with Gasteiger partial charge >= 0.3 is 5.00 Å². The minimum Gasteiger partial charge on any atom is -0.337 e. The molecule has 1 amide bonds. The first kappa shape index (κ1) is 14.5. The SMILES string of the molecule is O=C(c1csc([N+](=O)[O-])c1)N(CC1CC1)CC1CCCN1. The summed E-state index contributed by atoms with van der Waals surface area (Å²) in [6.07, 6.45) is 4.62. The molecule has 2 aliphatic rings. The quantitative estimate of drug-likeness (QED) is 0.646. The van der Waals surface area contributed by atoms with Crippen LogP contribution in [-0.4, -0.2) is 41.4 Å². The van der Waals surface area contributed by atoms with E-state index >= 15 is 0 Å². The first-order valence-electron chi connectivity index (χ1n) is 7.39. The Bertz CT molecular complexity index is 535. The van der Waals surface area contributed by atoms with Crippen LogP contribution < -0.4 is 5.32 Å². The van der Waals surface area contributed by atoms with Gasteiger partial charge in [-0.15, -0.1) is 0 Å². The summed E-state index contributed by atoms with van der Waals surface area (Å²) in [4.78, 5) is 24.8. The van der Waals surface area contributed by atoms with Gasteiger partial charge in [0.2, 0.25) is 0 Å². The van der Waals surface area contributed by atoms with Gasteiger partial charge in [-0.2, -0.15) is 0 Å². The lowest BCUT2D eigenvalue weighted by molar-refractivity contribution is -0.380. The molecule has 6 nitrogen and oxygen atoms in total. The maximum atomic E-state index is 12.6. The van der Waals surface area contributed by atoms with Crippen LogP contribution in [0.3, 0.4) is 0 Å². The summed E-state index contributed by atoms with van der Waals surface area (Å²) in [5.41, 5.74) is 0.449. The minimum atomic E-state index is -0.439. The Morgan fingerprint density at radius 2 is 2.24 bits per heavy atom. The van der Waals surface area contributed by atoms with Gasteiger partial charge in [0, 0.05) is 30.6 Å². The summed E-state index contributed by atoms with van der Waals surface area (Å²) >= 11 is 1.02. The second-order valence-corrected chi connectivity index (χ2v) is 6.77. The van der Waals surface area contributed by atoms with Gasteiger partial charge in [-0.05, 0) is 38.1 Å². The molecule has 1 aromatic rings. The van der Waals surface area contributed by atoms with E-state index in [1.807, 2.05) is 4.90 Å². The molecule has 114 valence electrons. The molecule has 21 heavy (non-hydrogen) atoms. The fourth-order valence-corrected chi connectivity index (χ4v) is 3.44. The topological polar surface area (TPSA) is 75.5 Å². The van der Waals surface area contributed by atoms with Crippen LogP contribution in [0.2, 0.25) is 0 Å². The third kappa shape index (κ3) is 3.59. The van der Waals surface area contributed by atoms with Gasteiger partial charge in [-0.25, -0.2) is 0 Å². The van der Waals surface area contributed by atoms with Crippen LogP contribution in [0.1, 0.15) is 36.0 Å². The van der Waals surface area contributed by atoms with E-state index in [9.17, 15) is 14.9 Å². The summed E-state index contributed by atoms with van der Waals surface area (Å²) in [6.45, 7) is 2.50. The van der Waals surface area contributed by atoms with Crippen molar-refractivity contribution in [2.45, 2.75) is 31.7 Å². The molecule has 1 atom stereocenters. The van der Waals surface area contributed by atoms with Crippen molar-refractivity contribution >= 4 is 22.2 Å². The molecular formula is C14H19N3O3S. The molecule has 0 spiro atoms. The van der Waals surface area contributed by atoms with Gasteiger partial charge in [-0.3, -0.25) is 14.9 Å². The Kier molecular flexibility index (Phi) is 4.21. The molecule has 0 radical (unpaired) electrons. The van der Waals surface area contributed by atoms with E-state index < -0.39 is 4.92 Å². The van der Waals surface area contributed by atoms with Crippen molar-refractivity contribution in [3.05, 3.63) is 27.1 Å². The summed E-state index contributed by atoms with van der Waals surface area (Å²) in [6, 6.07) is 1.76. The van der Waals surface area contributed by atoms with Crippen LogP contribution in [0.25, 0.3) is 0 Å². The largest absolute Gasteiger partial charge is 0.337 e. The first-order chi connectivity index (χ1) is 10.1. The van der Waals surface area contributed by atoms with Crippen molar-refractivity contribution in [3.8, 4) is 0 Å². The van der Waals surface area contributed by atoms with Crippen LogP contribution in [0.4, 0.5) is 5.00 Å². The lowest BCUT2D eigenvalue weighted by Gasteiger charge is -2.25. The summed E-state index contributed by atoms with van der Waals surface area (Å²) in [7, 11) is 0. The summed E-state index contributed by atoms with van der Waals surface area (Å²) in [5.74, 6) is 0.545. The number of amides is 1. The number of rotatable bonds is 6. The number of nitro groups is 1. The van der Waals surface area contributed by atoms with Crippen molar-refractivity contribution in [1.29, 1.82) is 0 Å². The zero-order valence-electron chi connectivity index (χ0n) is 11.8. The number of hydrogen-bond donors (Lipinski definition) is 1. The monoisotopic (exact) mass is 309 g/mol. The Labute approximate surface area is 127 Å². The van der Waals surface area contributed by atoms with Crippen molar-refractivity contribution in [1.82, 2.24) is 10.2 Å². The molecule has 2 fully saturated rings. The first-order valence-corrected chi connectivity index (χ1v) is 8.27. The maximum absolute atomic E-state index is 12.6. The molecule has 1 unspecified atom stereocenters. The van der Waals surface area contributed by atoms with Crippen LogP contribution >= 0.6 is 11.3 Å². The summed E-state index contributed by atoms with van der Waals surface area (Å²) < 4.78 is 0. The molecule has 0 aromatic carbocycles. The van der Waals surface area contributed by atoms with E-state index in [0.717, 1.165) is 37.3 Å². The zero-order valence-corrected chi connectivity index (χ0v) is 12.6.